The molecule has 1 amide bonds. The van der Waals surface area contributed by atoms with E-state index in [0.29, 0.717) is 30.0 Å². The number of amides is 1. The first-order valence-corrected chi connectivity index (χ1v) is 11.0. The van der Waals surface area contributed by atoms with E-state index < -0.39 is 5.82 Å². The topological polar surface area (TPSA) is 54.5 Å². The maximum absolute atomic E-state index is 14.6. The Balaban J connectivity index is 1.74. The minimum absolute atomic E-state index is 0.129. The molecule has 1 N–H and O–H groups in total. The second-order valence-electron chi connectivity index (χ2n) is 8.11. The van der Waals surface area contributed by atoms with Gasteiger partial charge in [0.15, 0.2) is 0 Å². The van der Waals surface area contributed by atoms with Gasteiger partial charge < -0.3 is 15.0 Å². The van der Waals surface area contributed by atoms with E-state index in [1.54, 1.807) is 36.2 Å². The third-order valence-corrected chi connectivity index (χ3v) is 6.58. The number of benzene rings is 2. The number of ether oxygens (including phenoxy) is 1. The number of pyridine rings is 1. The fourth-order valence-electron chi connectivity index (χ4n) is 4.34. The molecule has 2 unspecified atom stereocenters. The first-order chi connectivity index (χ1) is 15.9. The monoisotopic (exact) mass is 471 g/mol. The highest BCUT2D eigenvalue weighted by Crippen LogP contribution is 2.43. The maximum atomic E-state index is 14.6. The van der Waals surface area contributed by atoms with Crippen molar-refractivity contribution >= 4 is 29.4 Å². The van der Waals surface area contributed by atoms with Crippen LogP contribution < -0.4 is 10.1 Å². The van der Waals surface area contributed by atoms with Crippen molar-refractivity contribution in [2.24, 2.45) is 0 Å². The fourth-order valence-corrected chi connectivity index (χ4v) is 4.48. The van der Waals surface area contributed by atoms with Gasteiger partial charge in [-0.05, 0) is 55.5 Å². The second-order valence-corrected chi connectivity index (χ2v) is 8.47. The molecule has 5 nitrogen and oxygen atoms in total. The van der Waals surface area contributed by atoms with E-state index in [0.717, 1.165) is 24.0 Å². The van der Waals surface area contributed by atoms with Gasteiger partial charge in [-0.2, -0.15) is 0 Å². The van der Waals surface area contributed by atoms with E-state index in [2.05, 4.69) is 10.3 Å². The van der Waals surface area contributed by atoms with Crippen LogP contribution in [0, 0.1) is 18.6 Å². The lowest BCUT2D eigenvalue weighted by atomic mass is 9.82. The summed E-state index contributed by atoms with van der Waals surface area (Å²) in [5.74, 6) is -0.106. The number of carbonyl (C=O) groups is 1. The summed E-state index contributed by atoms with van der Waals surface area (Å²) in [6, 6.07) is 10.6. The zero-order chi connectivity index (χ0) is 23.5. The highest BCUT2D eigenvalue weighted by Gasteiger charge is 2.32. The number of likely N-dealkylation sites (tertiary alicyclic amines) is 1. The first-order valence-electron chi connectivity index (χ1n) is 10.6. The van der Waals surface area contributed by atoms with Gasteiger partial charge in [0.25, 0.3) is 0 Å². The number of carbonyl (C=O) groups excluding carboxylic acids is 1. The van der Waals surface area contributed by atoms with E-state index in [1.807, 2.05) is 0 Å². The standard InChI is InChI=1S/C25H24ClF2N3O2/c1-15-24(30-22-12-19(33-2)7-8-21(22)28)20(13-29-25(15)26)23-11-17(9-10-31(23)14-32)16-3-5-18(27)6-4-16/h3-8,12-14,17,23H,9-11H2,1-2H3,(H,29,30). The highest BCUT2D eigenvalue weighted by molar-refractivity contribution is 6.30. The number of nitrogens with one attached hydrogen (secondary N) is 1. The van der Waals surface area contributed by atoms with Gasteiger partial charge in [-0.3, -0.25) is 4.79 Å². The summed E-state index contributed by atoms with van der Waals surface area (Å²) in [7, 11) is 1.51. The van der Waals surface area contributed by atoms with Crippen molar-refractivity contribution in [2.75, 3.05) is 19.0 Å². The molecule has 33 heavy (non-hydrogen) atoms. The Morgan fingerprint density at radius 1 is 1.21 bits per heavy atom. The normalized spacial score (nSPS) is 18.2. The number of hydrogen-bond donors (Lipinski definition) is 1. The molecule has 0 radical (unpaired) electrons. The van der Waals surface area contributed by atoms with Gasteiger partial charge in [0.2, 0.25) is 6.41 Å². The van der Waals surface area contributed by atoms with Crippen LogP contribution in [0.1, 0.15) is 41.5 Å². The van der Waals surface area contributed by atoms with Gasteiger partial charge in [-0.15, -0.1) is 0 Å². The third-order valence-electron chi connectivity index (χ3n) is 6.20. The number of anilines is 2. The molecule has 1 fully saturated rings. The predicted molar refractivity (Wildman–Crippen MR) is 124 cm³/mol. The van der Waals surface area contributed by atoms with Gasteiger partial charge in [0, 0.05) is 29.9 Å². The van der Waals surface area contributed by atoms with Crippen molar-refractivity contribution in [1.29, 1.82) is 0 Å². The number of nitrogens with zero attached hydrogens (tertiary/aromatic N) is 2. The number of rotatable bonds is 6. The molecule has 0 spiro atoms. The lowest BCUT2D eigenvalue weighted by Gasteiger charge is -2.38. The summed E-state index contributed by atoms with van der Waals surface area (Å²) in [5.41, 5.74) is 3.21. The molecule has 2 atom stereocenters. The highest BCUT2D eigenvalue weighted by atomic mass is 35.5. The molecule has 3 aromatic rings. The number of piperidine rings is 1. The average molecular weight is 472 g/mol. The number of aromatic nitrogens is 1. The van der Waals surface area contributed by atoms with Crippen LogP contribution in [0.15, 0.2) is 48.7 Å². The van der Waals surface area contributed by atoms with Crippen LogP contribution in [-0.2, 0) is 4.79 Å². The molecule has 172 valence electrons. The van der Waals surface area contributed by atoms with Crippen molar-refractivity contribution in [3.8, 4) is 5.75 Å². The SMILES string of the molecule is COc1ccc(F)c(Nc2c(C3CC(c4ccc(F)cc4)CCN3C=O)cnc(Cl)c2C)c1. The van der Waals surface area contributed by atoms with E-state index >= 15 is 0 Å². The fraction of sp³-hybridized carbons (Fsp3) is 0.280. The second kappa shape index (κ2) is 9.75. The van der Waals surface area contributed by atoms with E-state index in [1.165, 1.54) is 31.4 Å². The van der Waals surface area contributed by atoms with Gasteiger partial charge in [-0.1, -0.05) is 23.7 Å². The van der Waals surface area contributed by atoms with Crippen LogP contribution in [0.3, 0.4) is 0 Å². The summed E-state index contributed by atoms with van der Waals surface area (Å²) in [4.78, 5) is 17.9. The molecule has 1 aromatic heterocycles. The molecule has 2 aromatic carbocycles. The van der Waals surface area contributed by atoms with Gasteiger partial charge >= 0.3 is 0 Å². The van der Waals surface area contributed by atoms with Crippen molar-refractivity contribution in [3.05, 3.63) is 82.1 Å². The Bertz CT molecular complexity index is 1160. The Morgan fingerprint density at radius 3 is 2.67 bits per heavy atom. The molecule has 1 aliphatic heterocycles. The number of methoxy groups -OCH3 is 1. The maximum Gasteiger partial charge on any atom is 0.210 e. The molecule has 4 rings (SSSR count). The van der Waals surface area contributed by atoms with Crippen LogP contribution >= 0.6 is 11.6 Å². The Hall–Kier alpha value is -3.19. The van der Waals surface area contributed by atoms with Gasteiger partial charge in [-0.25, -0.2) is 13.8 Å². The largest absolute Gasteiger partial charge is 0.497 e. The smallest absolute Gasteiger partial charge is 0.210 e. The van der Waals surface area contributed by atoms with Crippen LogP contribution in [0.5, 0.6) is 5.75 Å². The van der Waals surface area contributed by atoms with Crippen LogP contribution in [0.4, 0.5) is 20.2 Å². The minimum Gasteiger partial charge on any atom is -0.497 e. The van der Waals surface area contributed by atoms with E-state index in [9.17, 15) is 13.6 Å². The Labute approximate surface area is 196 Å². The molecular weight excluding hydrogens is 448 g/mol. The zero-order valence-corrected chi connectivity index (χ0v) is 19.1. The average Bonchev–Trinajstić information content (AvgIpc) is 2.83. The molecule has 0 saturated carbocycles. The predicted octanol–water partition coefficient (Wildman–Crippen LogP) is 6.15. The summed E-state index contributed by atoms with van der Waals surface area (Å²) >= 11 is 6.31. The number of hydrogen-bond acceptors (Lipinski definition) is 4. The Morgan fingerprint density at radius 2 is 1.97 bits per heavy atom. The van der Waals surface area contributed by atoms with Crippen molar-refractivity contribution in [2.45, 2.75) is 31.7 Å². The summed E-state index contributed by atoms with van der Waals surface area (Å²) < 4.78 is 33.2. The summed E-state index contributed by atoms with van der Waals surface area (Å²) in [6.07, 6.45) is 3.83. The summed E-state index contributed by atoms with van der Waals surface area (Å²) in [5, 5.41) is 3.44. The first kappa shape index (κ1) is 23.0. The lowest BCUT2D eigenvalue weighted by molar-refractivity contribution is -0.121. The van der Waals surface area contributed by atoms with Gasteiger partial charge in [0.1, 0.15) is 22.5 Å². The quantitative estimate of drug-likeness (QED) is 0.346. The molecule has 1 aliphatic rings. The zero-order valence-electron chi connectivity index (χ0n) is 18.3. The molecule has 8 heteroatoms. The van der Waals surface area contributed by atoms with Crippen molar-refractivity contribution in [1.82, 2.24) is 9.88 Å². The van der Waals surface area contributed by atoms with Crippen LogP contribution in [0.25, 0.3) is 0 Å². The van der Waals surface area contributed by atoms with Crippen molar-refractivity contribution in [3.63, 3.8) is 0 Å². The molecule has 2 heterocycles. The summed E-state index contributed by atoms with van der Waals surface area (Å²) in [6.45, 7) is 2.33. The number of halogens is 3. The van der Waals surface area contributed by atoms with Crippen molar-refractivity contribution < 1.29 is 18.3 Å². The van der Waals surface area contributed by atoms with Gasteiger partial charge in [0.05, 0.1) is 24.5 Å². The Kier molecular flexibility index (Phi) is 6.79. The molecule has 0 aliphatic carbocycles. The molecule has 0 bridgehead atoms. The van der Waals surface area contributed by atoms with Crippen LogP contribution in [0.2, 0.25) is 5.15 Å². The minimum atomic E-state index is -0.450. The lowest BCUT2D eigenvalue weighted by Crippen LogP contribution is -2.35. The third kappa shape index (κ3) is 4.78. The van der Waals surface area contributed by atoms with E-state index in [-0.39, 0.29) is 28.6 Å². The molecular formula is C25H24ClF2N3O2. The van der Waals surface area contributed by atoms with Crippen LogP contribution in [-0.4, -0.2) is 29.9 Å². The van der Waals surface area contributed by atoms with E-state index in [4.69, 9.17) is 16.3 Å². The molecule has 1 saturated heterocycles.